The van der Waals surface area contributed by atoms with Crippen molar-refractivity contribution in [2.45, 2.75) is 42.4 Å². The number of nitrogens with two attached hydrogens (primary N) is 1. The largest absolute Gasteiger partial charge is 1.00 e. The number of hydrogen-bond donors (Lipinski definition) is 1. The van der Waals surface area contributed by atoms with Crippen LogP contribution in [0.5, 0.6) is 0 Å². The number of pyridine rings is 1. The van der Waals surface area contributed by atoms with Gasteiger partial charge in [-0.15, -0.1) is 11.8 Å². The zero-order valence-electron chi connectivity index (χ0n) is 13.1. The van der Waals surface area contributed by atoms with Gasteiger partial charge in [-0.25, -0.2) is 4.98 Å². The average Bonchev–Trinajstić information content (AvgIpc) is 2.55. The molecule has 2 N–H and O–H groups in total. The molecule has 3 heterocycles. The molecule has 128 valence electrons. The predicted octanol–water partition coefficient (Wildman–Crippen LogP) is -0.817. The molecule has 1 aromatic heterocycles. The van der Waals surface area contributed by atoms with Gasteiger partial charge in [-0.1, -0.05) is 11.6 Å². The molecule has 0 aliphatic carbocycles. The first-order chi connectivity index (χ1) is 10.7. The molecule has 0 radical (unpaired) electrons. The molecule has 3 rings (SSSR count). The molecule has 0 spiro atoms. The molecule has 0 aromatic carbocycles. The molecule has 4 nitrogen and oxygen atoms in total. The lowest BCUT2D eigenvalue weighted by Crippen LogP contribution is -3.00. The van der Waals surface area contributed by atoms with Gasteiger partial charge in [-0.05, 0) is 31.4 Å². The minimum Gasteiger partial charge on any atom is -1.00 e. The number of piperidine rings is 2. The average molecular weight is 376 g/mol. The van der Waals surface area contributed by atoms with Crippen LogP contribution in [0.2, 0.25) is 5.15 Å². The second-order valence-electron chi connectivity index (χ2n) is 6.05. The number of thioether (sulfide) groups is 1. The van der Waals surface area contributed by atoms with Crippen LogP contribution in [0.1, 0.15) is 42.5 Å². The van der Waals surface area contributed by atoms with E-state index in [9.17, 15) is 4.79 Å². The van der Waals surface area contributed by atoms with Crippen molar-refractivity contribution in [3.63, 3.8) is 0 Å². The van der Waals surface area contributed by atoms with Gasteiger partial charge in [0.05, 0.1) is 18.1 Å². The summed E-state index contributed by atoms with van der Waals surface area (Å²) in [5.74, 6) is 0.0998. The number of hydrogen-bond acceptors (Lipinski definition) is 3. The van der Waals surface area contributed by atoms with Crippen molar-refractivity contribution in [1.82, 2.24) is 9.88 Å². The van der Waals surface area contributed by atoms with Gasteiger partial charge < -0.3 is 22.6 Å². The van der Waals surface area contributed by atoms with Crippen LogP contribution in [-0.4, -0.2) is 47.2 Å². The Bertz CT molecular complexity index is 532. The van der Waals surface area contributed by atoms with E-state index in [0.717, 1.165) is 31.0 Å². The first kappa shape index (κ1) is 18.8. The maximum absolute atomic E-state index is 12.6. The number of aromatic nitrogens is 1. The molecule has 0 atom stereocenters. The number of halogens is 2. The second kappa shape index (κ2) is 9.11. The van der Waals surface area contributed by atoms with E-state index in [0.29, 0.717) is 16.0 Å². The number of rotatable bonds is 3. The van der Waals surface area contributed by atoms with E-state index in [2.05, 4.69) is 10.3 Å². The fourth-order valence-electron chi connectivity index (χ4n) is 3.12. The lowest BCUT2D eigenvalue weighted by molar-refractivity contribution is -0.661. The highest BCUT2D eigenvalue weighted by molar-refractivity contribution is 7.99. The molecular formula is C16H23Cl2N3OS. The van der Waals surface area contributed by atoms with Gasteiger partial charge >= 0.3 is 0 Å². The van der Waals surface area contributed by atoms with Crippen LogP contribution < -0.4 is 17.7 Å². The third-order valence-electron chi connectivity index (χ3n) is 4.33. The van der Waals surface area contributed by atoms with E-state index in [4.69, 9.17) is 11.6 Å². The van der Waals surface area contributed by atoms with Gasteiger partial charge in [0.25, 0.3) is 5.91 Å². The van der Waals surface area contributed by atoms with Crippen molar-refractivity contribution < 1.29 is 22.5 Å². The molecular weight excluding hydrogens is 353 g/mol. The SMILES string of the molecule is O=C(c1cc(Cl)nc(SC2CC[NH2+]CC2)c1)N1CCCCC1.[Cl-]. The van der Waals surface area contributed by atoms with E-state index in [1.54, 1.807) is 17.8 Å². The van der Waals surface area contributed by atoms with Crippen molar-refractivity contribution >= 4 is 29.3 Å². The Hall–Kier alpha value is -0.490. The van der Waals surface area contributed by atoms with Crippen LogP contribution in [-0.2, 0) is 0 Å². The van der Waals surface area contributed by atoms with Crippen molar-refractivity contribution in [2.24, 2.45) is 0 Å². The molecule has 23 heavy (non-hydrogen) atoms. The standard InChI is InChI=1S/C16H22ClN3OS.ClH/c17-14-10-12(16(21)20-8-2-1-3-9-20)11-15(19-14)22-13-4-6-18-7-5-13;/h10-11,13,18H,1-9H2;1H. The maximum Gasteiger partial charge on any atom is 0.254 e. The fraction of sp³-hybridized carbons (Fsp3) is 0.625. The molecule has 0 bridgehead atoms. The molecule has 2 aliphatic heterocycles. The van der Waals surface area contributed by atoms with Crippen LogP contribution in [0.25, 0.3) is 0 Å². The Morgan fingerprint density at radius 2 is 1.91 bits per heavy atom. The van der Waals surface area contributed by atoms with Gasteiger partial charge in [-0.2, -0.15) is 0 Å². The second-order valence-corrected chi connectivity index (χ2v) is 7.76. The van der Waals surface area contributed by atoms with Crippen LogP contribution in [0.4, 0.5) is 0 Å². The third-order valence-corrected chi connectivity index (χ3v) is 5.78. The van der Waals surface area contributed by atoms with Crippen LogP contribution in [0.3, 0.4) is 0 Å². The highest BCUT2D eigenvalue weighted by Crippen LogP contribution is 2.29. The van der Waals surface area contributed by atoms with E-state index in [1.807, 2.05) is 11.0 Å². The highest BCUT2D eigenvalue weighted by atomic mass is 35.5. The Balaban J connectivity index is 0.00000192. The minimum absolute atomic E-state index is 0. The number of likely N-dealkylation sites (tertiary alicyclic amines) is 1. The summed E-state index contributed by atoms with van der Waals surface area (Å²) >= 11 is 7.92. The molecule has 2 aliphatic rings. The van der Waals surface area contributed by atoms with Gasteiger partial charge in [0.1, 0.15) is 5.15 Å². The van der Waals surface area contributed by atoms with Crippen LogP contribution in [0.15, 0.2) is 17.2 Å². The van der Waals surface area contributed by atoms with Crippen molar-refractivity contribution in [2.75, 3.05) is 26.2 Å². The normalized spacial score (nSPS) is 19.3. The summed E-state index contributed by atoms with van der Waals surface area (Å²) in [6.07, 6.45) is 5.80. The Kier molecular flexibility index (Phi) is 7.47. The van der Waals surface area contributed by atoms with Crippen molar-refractivity contribution in [1.29, 1.82) is 0 Å². The lowest BCUT2D eigenvalue weighted by atomic mass is 10.1. The molecule has 0 saturated carbocycles. The molecule has 7 heteroatoms. The first-order valence-corrected chi connectivity index (χ1v) is 9.43. The Morgan fingerprint density at radius 1 is 1.22 bits per heavy atom. The third kappa shape index (κ3) is 5.24. The van der Waals surface area contributed by atoms with Gasteiger partial charge in [0, 0.05) is 36.7 Å². The number of carbonyl (C=O) groups excluding carboxylic acids is 1. The number of nitrogens with zero attached hydrogens (tertiary/aromatic N) is 2. The molecule has 2 fully saturated rings. The predicted molar refractivity (Wildman–Crippen MR) is 89.5 cm³/mol. The van der Waals surface area contributed by atoms with Crippen molar-refractivity contribution in [3.05, 3.63) is 22.8 Å². The number of carbonyl (C=O) groups is 1. The van der Waals surface area contributed by atoms with E-state index in [-0.39, 0.29) is 18.3 Å². The van der Waals surface area contributed by atoms with E-state index >= 15 is 0 Å². The van der Waals surface area contributed by atoms with Gasteiger partial charge in [0.15, 0.2) is 0 Å². The monoisotopic (exact) mass is 375 g/mol. The minimum atomic E-state index is 0. The van der Waals surface area contributed by atoms with Crippen LogP contribution >= 0.6 is 23.4 Å². The summed E-state index contributed by atoms with van der Waals surface area (Å²) in [7, 11) is 0. The molecule has 1 aromatic rings. The van der Waals surface area contributed by atoms with Crippen LogP contribution in [0, 0.1) is 0 Å². The first-order valence-electron chi connectivity index (χ1n) is 8.17. The van der Waals surface area contributed by atoms with Gasteiger partial charge in [0.2, 0.25) is 0 Å². The summed E-state index contributed by atoms with van der Waals surface area (Å²) < 4.78 is 0. The topological polar surface area (TPSA) is 49.8 Å². The summed E-state index contributed by atoms with van der Waals surface area (Å²) in [4.78, 5) is 19.0. The summed E-state index contributed by atoms with van der Waals surface area (Å²) in [6.45, 7) is 4.08. The summed E-state index contributed by atoms with van der Waals surface area (Å²) in [5.41, 5.74) is 0.687. The van der Waals surface area contributed by atoms with Gasteiger partial charge in [-0.3, -0.25) is 4.79 Å². The van der Waals surface area contributed by atoms with E-state index < -0.39 is 0 Å². The molecule has 1 amide bonds. The Labute approximate surface area is 153 Å². The molecule has 0 unspecified atom stereocenters. The van der Waals surface area contributed by atoms with E-state index in [1.165, 1.54) is 32.4 Å². The quantitative estimate of drug-likeness (QED) is 0.702. The highest BCUT2D eigenvalue weighted by Gasteiger charge is 2.21. The van der Waals surface area contributed by atoms with Crippen molar-refractivity contribution in [3.8, 4) is 0 Å². The Morgan fingerprint density at radius 3 is 2.61 bits per heavy atom. The summed E-state index contributed by atoms with van der Waals surface area (Å²) in [6, 6.07) is 3.63. The lowest BCUT2D eigenvalue weighted by Gasteiger charge is -2.27. The summed E-state index contributed by atoms with van der Waals surface area (Å²) in [5, 5.41) is 4.26. The smallest absolute Gasteiger partial charge is 0.254 e. The maximum atomic E-state index is 12.6. The molecule has 2 saturated heterocycles. The number of quaternary nitrogens is 1. The zero-order valence-corrected chi connectivity index (χ0v) is 15.5. The zero-order chi connectivity index (χ0) is 15.4. The number of amides is 1. The fourth-order valence-corrected chi connectivity index (χ4v) is 4.58.